The Morgan fingerprint density at radius 1 is 1.56 bits per heavy atom. The number of carbonyl (C=O) groups excluding carboxylic acids is 1. The minimum Gasteiger partial charge on any atom is -0.338 e. The molecule has 0 bridgehead atoms. The maximum absolute atomic E-state index is 12.3. The first-order valence-electron chi connectivity index (χ1n) is 6.23. The number of rotatable bonds is 3. The van der Waals surface area contributed by atoms with E-state index in [1.807, 2.05) is 30.0 Å². The van der Waals surface area contributed by atoms with E-state index in [1.54, 1.807) is 0 Å². The molecule has 1 aliphatic heterocycles. The van der Waals surface area contributed by atoms with E-state index in [1.165, 1.54) is 0 Å². The van der Waals surface area contributed by atoms with Crippen LogP contribution in [0.15, 0.2) is 22.7 Å². The number of carbonyl (C=O) groups is 1. The number of amides is 1. The van der Waals surface area contributed by atoms with Crippen molar-refractivity contribution in [3.63, 3.8) is 0 Å². The number of nitrogens with zero attached hydrogens (tertiary/aromatic N) is 1. The Labute approximate surface area is 121 Å². The summed E-state index contributed by atoms with van der Waals surface area (Å²) in [6, 6.07) is 5.77. The van der Waals surface area contributed by atoms with Crippen LogP contribution in [0.5, 0.6) is 0 Å². The number of benzene rings is 1. The van der Waals surface area contributed by atoms with E-state index in [0.29, 0.717) is 11.8 Å². The van der Waals surface area contributed by atoms with Crippen molar-refractivity contribution in [2.24, 2.45) is 5.92 Å². The van der Waals surface area contributed by atoms with Gasteiger partial charge in [0, 0.05) is 29.0 Å². The summed E-state index contributed by atoms with van der Waals surface area (Å²) in [6.45, 7) is 3.71. The third-order valence-corrected chi connectivity index (χ3v) is 4.60. The Balaban J connectivity index is 2.05. The summed E-state index contributed by atoms with van der Waals surface area (Å²) < 4.78 is 1.04. The van der Waals surface area contributed by atoms with Gasteiger partial charge in [-0.25, -0.2) is 0 Å². The summed E-state index contributed by atoms with van der Waals surface area (Å²) in [5.74, 6) is 1.40. The molecule has 1 heterocycles. The van der Waals surface area contributed by atoms with Gasteiger partial charge in [0.2, 0.25) is 0 Å². The van der Waals surface area contributed by atoms with Crippen LogP contribution in [0, 0.1) is 12.8 Å². The first-order valence-corrected chi connectivity index (χ1v) is 7.56. The molecule has 0 aliphatic carbocycles. The maximum Gasteiger partial charge on any atom is 0.253 e. The topological polar surface area (TPSA) is 20.3 Å². The van der Waals surface area contributed by atoms with Crippen molar-refractivity contribution in [2.45, 2.75) is 19.8 Å². The van der Waals surface area contributed by atoms with Crippen LogP contribution in [-0.2, 0) is 0 Å². The second-order valence-electron chi connectivity index (χ2n) is 4.85. The summed E-state index contributed by atoms with van der Waals surface area (Å²) >= 11 is 9.21. The van der Waals surface area contributed by atoms with Gasteiger partial charge in [0.25, 0.3) is 5.91 Å². The fraction of sp³-hybridized carbons (Fsp3) is 0.500. The SMILES string of the molecule is Cc1cc(C(=O)N2CCC(CCCl)C2)ccc1Br. The van der Waals surface area contributed by atoms with Gasteiger partial charge in [0.05, 0.1) is 0 Å². The molecule has 0 spiro atoms. The van der Waals surface area contributed by atoms with E-state index in [9.17, 15) is 4.79 Å². The van der Waals surface area contributed by atoms with Gasteiger partial charge in [0.15, 0.2) is 0 Å². The normalized spacial score (nSPS) is 19.3. The molecule has 0 radical (unpaired) electrons. The molecule has 4 heteroatoms. The lowest BCUT2D eigenvalue weighted by Gasteiger charge is -2.17. The van der Waals surface area contributed by atoms with Gasteiger partial charge in [-0.1, -0.05) is 15.9 Å². The zero-order valence-corrected chi connectivity index (χ0v) is 12.8. The van der Waals surface area contributed by atoms with Crippen molar-refractivity contribution in [3.8, 4) is 0 Å². The van der Waals surface area contributed by atoms with Gasteiger partial charge >= 0.3 is 0 Å². The highest BCUT2D eigenvalue weighted by Crippen LogP contribution is 2.23. The molecule has 1 aliphatic rings. The van der Waals surface area contributed by atoms with E-state index >= 15 is 0 Å². The van der Waals surface area contributed by atoms with Crippen LogP contribution in [0.2, 0.25) is 0 Å². The lowest BCUT2D eigenvalue weighted by molar-refractivity contribution is 0.0787. The Morgan fingerprint density at radius 3 is 3.00 bits per heavy atom. The van der Waals surface area contributed by atoms with Crippen molar-refractivity contribution in [3.05, 3.63) is 33.8 Å². The monoisotopic (exact) mass is 329 g/mol. The lowest BCUT2D eigenvalue weighted by Crippen LogP contribution is -2.28. The minimum absolute atomic E-state index is 0.141. The number of likely N-dealkylation sites (tertiary alicyclic amines) is 1. The molecule has 2 rings (SSSR count). The highest BCUT2D eigenvalue weighted by Gasteiger charge is 2.26. The molecule has 1 saturated heterocycles. The molecule has 1 atom stereocenters. The van der Waals surface area contributed by atoms with Crippen LogP contribution < -0.4 is 0 Å². The van der Waals surface area contributed by atoms with Gasteiger partial charge in [0.1, 0.15) is 0 Å². The number of hydrogen-bond donors (Lipinski definition) is 0. The fourth-order valence-corrected chi connectivity index (χ4v) is 2.92. The quantitative estimate of drug-likeness (QED) is 0.771. The molecule has 1 amide bonds. The Hall–Kier alpha value is -0.540. The molecular formula is C14H17BrClNO. The van der Waals surface area contributed by atoms with Crippen molar-refractivity contribution in [2.75, 3.05) is 19.0 Å². The first-order chi connectivity index (χ1) is 8.61. The highest BCUT2D eigenvalue weighted by atomic mass is 79.9. The molecule has 2 nitrogen and oxygen atoms in total. The van der Waals surface area contributed by atoms with E-state index in [2.05, 4.69) is 15.9 Å². The molecule has 0 aromatic heterocycles. The smallest absolute Gasteiger partial charge is 0.253 e. The van der Waals surface area contributed by atoms with E-state index < -0.39 is 0 Å². The second-order valence-corrected chi connectivity index (χ2v) is 6.08. The molecule has 1 fully saturated rings. The Bertz CT molecular complexity index is 449. The summed E-state index contributed by atoms with van der Waals surface area (Å²) in [7, 11) is 0. The maximum atomic E-state index is 12.3. The van der Waals surface area contributed by atoms with E-state index in [0.717, 1.165) is 41.5 Å². The van der Waals surface area contributed by atoms with Crippen molar-refractivity contribution < 1.29 is 4.79 Å². The van der Waals surface area contributed by atoms with Gasteiger partial charge < -0.3 is 4.90 Å². The van der Waals surface area contributed by atoms with Crippen LogP contribution in [0.3, 0.4) is 0 Å². The van der Waals surface area contributed by atoms with Gasteiger partial charge in [-0.3, -0.25) is 4.79 Å². The van der Waals surface area contributed by atoms with Crippen molar-refractivity contribution in [1.29, 1.82) is 0 Å². The number of alkyl halides is 1. The molecule has 18 heavy (non-hydrogen) atoms. The highest BCUT2D eigenvalue weighted by molar-refractivity contribution is 9.10. The minimum atomic E-state index is 0.141. The average molecular weight is 331 g/mol. The summed E-state index contributed by atoms with van der Waals surface area (Å²) in [6.07, 6.45) is 2.08. The largest absolute Gasteiger partial charge is 0.338 e. The number of halogens is 2. The molecule has 1 aromatic carbocycles. The predicted molar refractivity (Wildman–Crippen MR) is 78.2 cm³/mol. The predicted octanol–water partition coefficient (Wildman–Crippen LogP) is 3.85. The molecule has 98 valence electrons. The Kier molecular flexibility index (Phi) is 4.68. The summed E-state index contributed by atoms with van der Waals surface area (Å²) in [4.78, 5) is 14.3. The first kappa shape index (κ1) is 13.9. The molecular weight excluding hydrogens is 314 g/mol. The van der Waals surface area contributed by atoms with Crippen LogP contribution in [0.1, 0.15) is 28.8 Å². The second kappa shape index (κ2) is 6.07. The van der Waals surface area contributed by atoms with Crippen LogP contribution in [0.4, 0.5) is 0 Å². The van der Waals surface area contributed by atoms with Gasteiger partial charge in [-0.2, -0.15) is 0 Å². The summed E-state index contributed by atoms with van der Waals surface area (Å²) in [5, 5.41) is 0. The molecule has 0 saturated carbocycles. The van der Waals surface area contributed by atoms with Crippen LogP contribution in [0.25, 0.3) is 0 Å². The molecule has 1 aromatic rings. The fourth-order valence-electron chi connectivity index (χ4n) is 2.37. The number of hydrogen-bond acceptors (Lipinski definition) is 1. The zero-order chi connectivity index (χ0) is 13.1. The summed E-state index contributed by atoms with van der Waals surface area (Å²) in [5.41, 5.74) is 1.87. The standard InChI is InChI=1S/C14H17BrClNO/c1-10-8-12(2-3-13(10)15)14(18)17-7-5-11(9-17)4-6-16/h2-3,8,11H,4-7,9H2,1H3. The lowest BCUT2D eigenvalue weighted by atomic mass is 10.1. The van der Waals surface area contributed by atoms with Crippen molar-refractivity contribution in [1.82, 2.24) is 4.90 Å². The molecule has 1 unspecified atom stereocenters. The van der Waals surface area contributed by atoms with Crippen molar-refractivity contribution >= 4 is 33.4 Å². The number of aryl methyl sites for hydroxylation is 1. The third kappa shape index (κ3) is 3.07. The average Bonchev–Trinajstić information content (AvgIpc) is 2.81. The van der Waals surface area contributed by atoms with Crippen LogP contribution in [-0.4, -0.2) is 29.8 Å². The molecule has 0 N–H and O–H groups in total. The van der Waals surface area contributed by atoms with Gasteiger partial charge in [-0.05, 0) is 49.4 Å². The van der Waals surface area contributed by atoms with Crippen LogP contribution >= 0.6 is 27.5 Å². The van der Waals surface area contributed by atoms with E-state index in [-0.39, 0.29) is 5.91 Å². The Morgan fingerprint density at radius 2 is 2.33 bits per heavy atom. The third-order valence-electron chi connectivity index (χ3n) is 3.50. The van der Waals surface area contributed by atoms with E-state index in [4.69, 9.17) is 11.6 Å². The van der Waals surface area contributed by atoms with Gasteiger partial charge in [-0.15, -0.1) is 11.6 Å². The zero-order valence-electron chi connectivity index (χ0n) is 10.5.